The number of hydrogen-bond donors (Lipinski definition) is 1. The molecule has 0 radical (unpaired) electrons. The zero-order valence-electron chi connectivity index (χ0n) is 11.5. The lowest BCUT2D eigenvalue weighted by Crippen LogP contribution is -2.31. The summed E-state index contributed by atoms with van der Waals surface area (Å²) in [5.41, 5.74) is 1.14. The Hall–Kier alpha value is -2.17. The summed E-state index contributed by atoms with van der Waals surface area (Å²) >= 11 is 0. The SMILES string of the molecule is c1cncc(CNc2ccnc(N3CCCCC3)n2)c1. The zero-order chi connectivity index (χ0) is 13.6. The van der Waals surface area contributed by atoms with Crippen LogP contribution in [-0.4, -0.2) is 28.0 Å². The quantitative estimate of drug-likeness (QED) is 0.924. The average molecular weight is 269 g/mol. The first-order valence-electron chi connectivity index (χ1n) is 7.12. The second-order valence-corrected chi connectivity index (χ2v) is 5.00. The number of rotatable bonds is 4. The molecule has 0 unspecified atom stereocenters. The maximum atomic E-state index is 4.59. The number of nitrogens with one attached hydrogen (secondary N) is 1. The van der Waals surface area contributed by atoms with Gasteiger partial charge in [-0.2, -0.15) is 4.98 Å². The fourth-order valence-electron chi connectivity index (χ4n) is 2.39. The maximum Gasteiger partial charge on any atom is 0.227 e. The summed E-state index contributed by atoms with van der Waals surface area (Å²) in [5, 5.41) is 3.32. The van der Waals surface area contributed by atoms with E-state index >= 15 is 0 Å². The molecule has 0 saturated carbocycles. The third-order valence-electron chi connectivity index (χ3n) is 3.48. The Balaban J connectivity index is 1.65. The van der Waals surface area contributed by atoms with Gasteiger partial charge in [0.2, 0.25) is 5.95 Å². The lowest BCUT2D eigenvalue weighted by atomic mass is 10.1. The first-order chi connectivity index (χ1) is 9.92. The van der Waals surface area contributed by atoms with Gasteiger partial charge in [0.25, 0.3) is 0 Å². The van der Waals surface area contributed by atoms with Crippen molar-refractivity contribution in [3.8, 4) is 0 Å². The second-order valence-electron chi connectivity index (χ2n) is 5.00. The molecule has 3 rings (SSSR count). The van der Waals surface area contributed by atoms with Crippen LogP contribution in [0, 0.1) is 0 Å². The molecule has 1 N–H and O–H groups in total. The van der Waals surface area contributed by atoms with Crippen LogP contribution in [0.5, 0.6) is 0 Å². The molecule has 0 aromatic carbocycles. The van der Waals surface area contributed by atoms with Gasteiger partial charge < -0.3 is 10.2 Å². The Morgan fingerprint density at radius 1 is 1.10 bits per heavy atom. The lowest BCUT2D eigenvalue weighted by molar-refractivity contribution is 0.568. The van der Waals surface area contributed by atoms with Gasteiger partial charge in [-0.15, -0.1) is 0 Å². The minimum atomic E-state index is 0.726. The molecule has 0 atom stereocenters. The van der Waals surface area contributed by atoms with Crippen molar-refractivity contribution < 1.29 is 0 Å². The summed E-state index contributed by atoms with van der Waals surface area (Å²) in [7, 11) is 0. The van der Waals surface area contributed by atoms with E-state index in [1.54, 1.807) is 6.20 Å². The highest BCUT2D eigenvalue weighted by Crippen LogP contribution is 2.17. The van der Waals surface area contributed by atoms with E-state index in [0.717, 1.165) is 37.0 Å². The predicted molar refractivity (Wildman–Crippen MR) is 79.7 cm³/mol. The Kier molecular flexibility index (Phi) is 4.06. The third kappa shape index (κ3) is 3.23. The Morgan fingerprint density at radius 3 is 2.80 bits per heavy atom. The van der Waals surface area contributed by atoms with Crippen LogP contribution in [0.4, 0.5) is 11.8 Å². The highest BCUT2D eigenvalue weighted by atomic mass is 15.3. The minimum absolute atomic E-state index is 0.726. The molecule has 2 aromatic heterocycles. The highest BCUT2D eigenvalue weighted by Gasteiger charge is 2.13. The molecule has 0 spiro atoms. The smallest absolute Gasteiger partial charge is 0.227 e. The molecule has 1 fully saturated rings. The van der Waals surface area contributed by atoms with Crippen LogP contribution >= 0.6 is 0 Å². The van der Waals surface area contributed by atoms with Crippen LogP contribution in [0.25, 0.3) is 0 Å². The normalized spacial score (nSPS) is 15.1. The van der Waals surface area contributed by atoms with E-state index in [0.29, 0.717) is 0 Å². The van der Waals surface area contributed by atoms with Crippen LogP contribution in [0.1, 0.15) is 24.8 Å². The van der Waals surface area contributed by atoms with Crippen LogP contribution < -0.4 is 10.2 Å². The summed E-state index contributed by atoms with van der Waals surface area (Å²) in [5.74, 6) is 1.70. The van der Waals surface area contributed by atoms with Gasteiger partial charge in [-0.3, -0.25) is 4.98 Å². The largest absolute Gasteiger partial charge is 0.366 e. The van der Waals surface area contributed by atoms with Crippen molar-refractivity contribution in [1.29, 1.82) is 0 Å². The molecule has 3 heterocycles. The van der Waals surface area contributed by atoms with Crippen LogP contribution in [0.15, 0.2) is 36.8 Å². The fraction of sp³-hybridized carbons (Fsp3) is 0.400. The van der Waals surface area contributed by atoms with E-state index in [2.05, 4.69) is 25.2 Å². The van der Waals surface area contributed by atoms with Crippen molar-refractivity contribution in [2.45, 2.75) is 25.8 Å². The topological polar surface area (TPSA) is 53.9 Å². The van der Waals surface area contributed by atoms with Crippen molar-refractivity contribution in [2.24, 2.45) is 0 Å². The molecule has 0 bridgehead atoms. The summed E-state index contributed by atoms with van der Waals surface area (Å²) in [6.45, 7) is 2.85. The van der Waals surface area contributed by atoms with E-state index in [4.69, 9.17) is 0 Å². The summed E-state index contributed by atoms with van der Waals surface area (Å²) in [6.07, 6.45) is 9.24. The molecule has 0 aliphatic carbocycles. The van der Waals surface area contributed by atoms with Crippen LogP contribution in [0.2, 0.25) is 0 Å². The minimum Gasteiger partial charge on any atom is -0.366 e. The van der Waals surface area contributed by atoms with Gasteiger partial charge in [0.1, 0.15) is 5.82 Å². The van der Waals surface area contributed by atoms with E-state index in [-0.39, 0.29) is 0 Å². The van der Waals surface area contributed by atoms with Crippen molar-refractivity contribution in [3.05, 3.63) is 42.4 Å². The Labute approximate surface area is 119 Å². The molecule has 5 nitrogen and oxygen atoms in total. The number of nitrogens with zero attached hydrogens (tertiary/aromatic N) is 4. The van der Waals surface area contributed by atoms with E-state index in [9.17, 15) is 0 Å². The Morgan fingerprint density at radius 2 is 2.00 bits per heavy atom. The number of piperidine rings is 1. The molecule has 2 aromatic rings. The van der Waals surface area contributed by atoms with E-state index in [1.807, 2.05) is 30.6 Å². The monoisotopic (exact) mass is 269 g/mol. The van der Waals surface area contributed by atoms with Gasteiger partial charge >= 0.3 is 0 Å². The molecule has 1 aliphatic rings. The number of anilines is 2. The predicted octanol–water partition coefficient (Wildman–Crippen LogP) is 2.47. The van der Waals surface area contributed by atoms with Gasteiger partial charge in [-0.05, 0) is 37.0 Å². The second kappa shape index (κ2) is 6.32. The zero-order valence-corrected chi connectivity index (χ0v) is 11.5. The first kappa shape index (κ1) is 12.8. The molecule has 20 heavy (non-hydrogen) atoms. The molecular weight excluding hydrogens is 250 g/mol. The van der Waals surface area contributed by atoms with Gasteiger partial charge in [0.15, 0.2) is 0 Å². The summed E-state index contributed by atoms with van der Waals surface area (Å²) < 4.78 is 0. The average Bonchev–Trinajstić information content (AvgIpc) is 2.55. The van der Waals surface area contributed by atoms with Crippen molar-refractivity contribution in [1.82, 2.24) is 15.0 Å². The molecule has 104 valence electrons. The molecule has 0 amide bonds. The lowest BCUT2D eigenvalue weighted by Gasteiger charge is -2.26. The van der Waals surface area contributed by atoms with Crippen molar-refractivity contribution >= 4 is 11.8 Å². The summed E-state index contributed by atoms with van der Waals surface area (Å²) in [6, 6.07) is 5.90. The van der Waals surface area contributed by atoms with Crippen LogP contribution in [0.3, 0.4) is 0 Å². The number of aromatic nitrogens is 3. The Bertz CT molecular complexity index is 537. The van der Waals surface area contributed by atoms with Crippen LogP contribution in [-0.2, 0) is 6.54 Å². The molecule has 1 saturated heterocycles. The fourth-order valence-corrected chi connectivity index (χ4v) is 2.39. The molecule has 5 heteroatoms. The van der Waals surface area contributed by atoms with E-state index in [1.165, 1.54) is 19.3 Å². The first-order valence-corrected chi connectivity index (χ1v) is 7.12. The maximum absolute atomic E-state index is 4.59. The van der Waals surface area contributed by atoms with Crippen molar-refractivity contribution in [3.63, 3.8) is 0 Å². The van der Waals surface area contributed by atoms with Crippen molar-refractivity contribution in [2.75, 3.05) is 23.3 Å². The summed E-state index contributed by atoms with van der Waals surface area (Å²) in [4.78, 5) is 15.3. The highest BCUT2D eigenvalue weighted by molar-refractivity contribution is 5.41. The number of hydrogen-bond acceptors (Lipinski definition) is 5. The molecular formula is C15H19N5. The van der Waals surface area contributed by atoms with Gasteiger partial charge in [0.05, 0.1) is 0 Å². The van der Waals surface area contributed by atoms with E-state index < -0.39 is 0 Å². The van der Waals surface area contributed by atoms with Gasteiger partial charge in [-0.1, -0.05) is 6.07 Å². The standard InChI is InChI=1S/C15H19N5/c1-2-9-20(10-3-1)15-17-8-6-14(19-15)18-12-13-5-4-7-16-11-13/h4-8,11H,1-3,9-10,12H2,(H,17,18,19). The van der Waals surface area contributed by atoms with Gasteiger partial charge in [0, 0.05) is 38.2 Å². The van der Waals surface area contributed by atoms with Gasteiger partial charge in [-0.25, -0.2) is 4.98 Å². The third-order valence-corrected chi connectivity index (χ3v) is 3.48. The number of pyridine rings is 1. The molecule has 1 aliphatic heterocycles.